The molecule has 2 aliphatic rings. The molecule has 0 bridgehead atoms. The lowest BCUT2D eigenvalue weighted by atomic mass is 10.2. The van der Waals surface area contributed by atoms with Crippen LogP contribution >= 0.6 is 11.8 Å². The predicted octanol–water partition coefficient (Wildman–Crippen LogP) is 1.81. The molecule has 3 rings (SSSR count). The van der Waals surface area contributed by atoms with E-state index in [1.54, 1.807) is 4.90 Å². The van der Waals surface area contributed by atoms with Crippen LogP contribution < -0.4 is 5.32 Å². The zero-order chi connectivity index (χ0) is 17.2. The third-order valence-corrected chi connectivity index (χ3v) is 5.08. The standard InChI is InChI=1S/C15H19F3N4OS/c16-15(17,18)24-13-12(2-1-4-20-13)14(23)22-7-3-11(10-22)21-8-5-19-6-9-21/h1-2,4,11,19H,3,5-10H2. The van der Waals surface area contributed by atoms with E-state index in [4.69, 9.17) is 0 Å². The van der Waals surface area contributed by atoms with E-state index in [0.717, 1.165) is 32.6 Å². The van der Waals surface area contributed by atoms with Crippen LogP contribution in [0.3, 0.4) is 0 Å². The predicted molar refractivity (Wildman–Crippen MR) is 84.9 cm³/mol. The number of nitrogens with one attached hydrogen (secondary N) is 1. The number of pyridine rings is 1. The molecule has 0 aromatic carbocycles. The van der Waals surface area contributed by atoms with Crippen LogP contribution in [0.1, 0.15) is 16.8 Å². The summed E-state index contributed by atoms with van der Waals surface area (Å²) in [5, 5.41) is 3.01. The molecule has 1 aromatic rings. The van der Waals surface area contributed by atoms with Gasteiger partial charge in [0, 0.05) is 63.3 Å². The van der Waals surface area contributed by atoms with Crippen molar-refractivity contribution in [3.05, 3.63) is 23.9 Å². The number of thioether (sulfide) groups is 1. The van der Waals surface area contributed by atoms with E-state index in [1.807, 2.05) is 0 Å². The van der Waals surface area contributed by atoms with Gasteiger partial charge < -0.3 is 10.2 Å². The average molecular weight is 360 g/mol. The van der Waals surface area contributed by atoms with E-state index >= 15 is 0 Å². The van der Waals surface area contributed by atoms with Crippen LogP contribution in [0, 0.1) is 0 Å². The zero-order valence-corrected chi connectivity index (χ0v) is 13.9. The first-order valence-corrected chi connectivity index (χ1v) is 8.70. The van der Waals surface area contributed by atoms with Crippen LogP contribution in [0.2, 0.25) is 0 Å². The van der Waals surface area contributed by atoms with Crippen LogP contribution in [-0.2, 0) is 0 Å². The number of hydrogen-bond donors (Lipinski definition) is 1. The van der Waals surface area contributed by atoms with Crippen LogP contribution in [0.5, 0.6) is 0 Å². The number of carbonyl (C=O) groups excluding carboxylic acids is 1. The average Bonchev–Trinajstić information content (AvgIpc) is 3.04. The highest BCUT2D eigenvalue weighted by Gasteiger charge is 2.35. The van der Waals surface area contributed by atoms with E-state index in [9.17, 15) is 18.0 Å². The summed E-state index contributed by atoms with van der Waals surface area (Å²) >= 11 is -0.334. The summed E-state index contributed by atoms with van der Waals surface area (Å²) in [5.41, 5.74) is -4.43. The van der Waals surface area contributed by atoms with Gasteiger partial charge in [-0.05, 0) is 18.6 Å². The lowest BCUT2D eigenvalue weighted by Crippen LogP contribution is -2.49. The molecule has 24 heavy (non-hydrogen) atoms. The zero-order valence-electron chi connectivity index (χ0n) is 13.1. The Balaban J connectivity index is 1.69. The van der Waals surface area contributed by atoms with Gasteiger partial charge in [0.25, 0.3) is 5.91 Å². The number of amides is 1. The largest absolute Gasteiger partial charge is 0.447 e. The highest BCUT2D eigenvalue weighted by Crippen LogP contribution is 2.37. The van der Waals surface area contributed by atoms with Crippen LogP contribution in [0.15, 0.2) is 23.4 Å². The maximum absolute atomic E-state index is 12.7. The summed E-state index contributed by atoms with van der Waals surface area (Å²) in [5.74, 6) is -0.368. The normalized spacial score (nSPS) is 22.8. The Bertz CT molecular complexity index is 592. The maximum Gasteiger partial charge on any atom is 0.447 e. The molecule has 0 saturated carbocycles. The summed E-state index contributed by atoms with van der Waals surface area (Å²) in [4.78, 5) is 20.4. The second-order valence-electron chi connectivity index (χ2n) is 5.88. The third kappa shape index (κ3) is 4.20. The first-order valence-electron chi connectivity index (χ1n) is 7.89. The van der Waals surface area contributed by atoms with Crippen molar-refractivity contribution in [3.8, 4) is 0 Å². The highest BCUT2D eigenvalue weighted by molar-refractivity contribution is 8.00. The molecule has 1 aromatic heterocycles. The van der Waals surface area contributed by atoms with Crippen molar-refractivity contribution in [2.24, 2.45) is 0 Å². The molecule has 9 heteroatoms. The van der Waals surface area contributed by atoms with Crippen LogP contribution in [0.25, 0.3) is 0 Å². The molecule has 1 unspecified atom stereocenters. The number of rotatable bonds is 3. The van der Waals surface area contributed by atoms with Crippen molar-refractivity contribution in [3.63, 3.8) is 0 Å². The second-order valence-corrected chi connectivity index (χ2v) is 6.94. The number of nitrogens with zero attached hydrogens (tertiary/aromatic N) is 3. The Morgan fingerprint density at radius 3 is 2.75 bits per heavy atom. The van der Waals surface area contributed by atoms with Gasteiger partial charge in [-0.2, -0.15) is 13.2 Å². The molecule has 132 valence electrons. The monoisotopic (exact) mass is 360 g/mol. The Kier molecular flexibility index (Phi) is 5.31. The lowest BCUT2D eigenvalue weighted by Gasteiger charge is -2.32. The van der Waals surface area contributed by atoms with Gasteiger partial charge in [-0.25, -0.2) is 4.98 Å². The number of alkyl halides is 3. The summed E-state index contributed by atoms with van der Waals surface area (Å²) in [7, 11) is 0. The molecule has 0 spiro atoms. The molecule has 2 saturated heterocycles. The van der Waals surface area contributed by atoms with Crippen molar-refractivity contribution in [2.45, 2.75) is 23.0 Å². The van der Waals surface area contributed by atoms with Crippen molar-refractivity contribution in [2.75, 3.05) is 39.3 Å². The van der Waals surface area contributed by atoms with Gasteiger partial charge in [-0.3, -0.25) is 9.69 Å². The fourth-order valence-electron chi connectivity index (χ4n) is 3.19. The number of likely N-dealkylation sites (tertiary alicyclic amines) is 1. The Morgan fingerprint density at radius 2 is 2.04 bits per heavy atom. The van der Waals surface area contributed by atoms with Gasteiger partial charge >= 0.3 is 5.51 Å². The van der Waals surface area contributed by atoms with E-state index in [-0.39, 0.29) is 34.3 Å². The smallest absolute Gasteiger partial charge is 0.337 e. The Morgan fingerprint density at radius 1 is 1.29 bits per heavy atom. The molecule has 0 radical (unpaired) electrons. The van der Waals surface area contributed by atoms with Gasteiger partial charge in [0.05, 0.1) is 5.56 Å². The first-order chi connectivity index (χ1) is 11.4. The number of carbonyl (C=O) groups is 1. The lowest BCUT2D eigenvalue weighted by molar-refractivity contribution is -0.0329. The maximum atomic E-state index is 12.7. The minimum absolute atomic E-state index is 0.0285. The molecule has 2 fully saturated rings. The highest BCUT2D eigenvalue weighted by atomic mass is 32.2. The molecular weight excluding hydrogens is 341 g/mol. The Hall–Kier alpha value is -1.32. The fraction of sp³-hybridized carbons (Fsp3) is 0.600. The molecule has 5 nitrogen and oxygen atoms in total. The van der Waals surface area contributed by atoms with Crippen molar-refractivity contribution in [1.29, 1.82) is 0 Å². The summed E-state index contributed by atoms with van der Waals surface area (Å²) in [6, 6.07) is 3.20. The summed E-state index contributed by atoms with van der Waals surface area (Å²) in [6.45, 7) is 4.87. The molecule has 1 amide bonds. The van der Waals surface area contributed by atoms with E-state index in [1.165, 1.54) is 18.3 Å². The van der Waals surface area contributed by atoms with E-state index < -0.39 is 5.51 Å². The molecule has 0 aliphatic carbocycles. The second kappa shape index (κ2) is 7.28. The van der Waals surface area contributed by atoms with Gasteiger partial charge in [0.1, 0.15) is 5.03 Å². The molecule has 2 aliphatic heterocycles. The van der Waals surface area contributed by atoms with Crippen LogP contribution in [0.4, 0.5) is 13.2 Å². The molecule has 1 N–H and O–H groups in total. The molecule has 3 heterocycles. The SMILES string of the molecule is O=C(c1cccnc1SC(F)(F)F)N1CCC(N2CCNCC2)C1. The minimum Gasteiger partial charge on any atom is -0.337 e. The molecular formula is C15H19F3N4OS. The first kappa shape index (κ1) is 17.5. The van der Waals surface area contributed by atoms with Crippen molar-refractivity contribution < 1.29 is 18.0 Å². The number of hydrogen-bond acceptors (Lipinski definition) is 5. The van der Waals surface area contributed by atoms with Gasteiger partial charge in [0.15, 0.2) is 0 Å². The van der Waals surface area contributed by atoms with Crippen LogP contribution in [-0.4, -0.2) is 71.5 Å². The number of halogens is 3. The van der Waals surface area contributed by atoms with Gasteiger partial charge in [0.2, 0.25) is 0 Å². The van der Waals surface area contributed by atoms with Crippen molar-refractivity contribution in [1.82, 2.24) is 20.1 Å². The number of piperazine rings is 1. The Labute approximate surface area is 142 Å². The quantitative estimate of drug-likeness (QED) is 0.834. The van der Waals surface area contributed by atoms with Gasteiger partial charge in [-0.1, -0.05) is 0 Å². The van der Waals surface area contributed by atoms with E-state index in [2.05, 4.69) is 15.2 Å². The van der Waals surface area contributed by atoms with E-state index in [0.29, 0.717) is 13.1 Å². The topological polar surface area (TPSA) is 48.5 Å². The summed E-state index contributed by atoms with van der Waals surface area (Å²) in [6.07, 6.45) is 2.13. The molecule has 1 atom stereocenters. The fourth-order valence-corrected chi connectivity index (χ4v) is 3.78. The summed E-state index contributed by atoms with van der Waals surface area (Å²) < 4.78 is 38.0. The van der Waals surface area contributed by atoms with Gasteiger partial charge in [-0.15, -0.1) is 0 Å². The van der Waals surface area contributed by atoms with Crippen molar-refractivity contribution >= 4 is 17.7 Å². The minimum atomic E-state index is -4.46. The number of aromatic nitrogens is 1. The third-order valence-electron chi connectivity index (χ3n) is 4.33.